The highest BCUT2D eigenvalue weighted by Gasteiger charge is 2.26. The van der Waals surface area contributed by atoms with Crippen LogP contribution in [0.25, 0.3) is 0 Å². The zero-order valence-electron chi connectivity index (χ0n) is 13.6. The highest BCUT2D eigenvalue weighted by molar-refractivity contribution is 5.79. The molecular weight excluding hydrogens is 280 g/mol. The van der Waals surface area contributed by atoms with Gasteiger partial charge in [0.1, 0.15) is 0 Å². The number of amides is 1. The normalized spacial score (nSPS) is 18.1. The maximum atomic E-state index is 12.6. The molecule has 0 aliphatic carbocycles. The number of likely N-dealkylation sites (tertiary alicyclic amines) is 1. The smallest absolute Gasteiger partial charge is 0.225 e. The lowest BCUT2D eigenvalue weighted by molar-refractivity contribution is -0.136. The average Bonchev–Trinajstić information content (AvgIpc) is 2.50. The van der Waals surface area contributed by atoms with Gasteiger partial charge in [-0.2, -0.15) is 0 Å². The third-order valence-electron chi connectivity index (χ3n) is 4.59. The van der Waals surface area contributed by atoms with Crippen molar-refractivity contribution in [3.8, 4) is 11.5 Å². The maximum Gasteiger partial charge on any atom is 0.225 e. The Hall–Kier alpha value is -1.75. The van der Waals surface area contributed by atoms with Crippen LogP contribution in [0, 0.1) is 5.92 Å². The standard InChI is InChI=1S/C17H26N2O3/c1-12(10-13-4-5-15(20)16(21)11-13)17(22)19(3)14-6-8-18(2)9-7-14/h4-5,11-12,14,20-21H,6-10H2,1-3H3. The van der Waals surface area contributed by atoms with Crippen molar-refractivity contribution < 1.29 is 15.0 Å². The average molecular weight is 306 g/mol. The first-order valence-electron chi connectivity index (χ1n) is 7.84. The number of hydrogen-bond donors (Lipinski definition) is 2. The number of carbonyl (C=O) groups is 1. The zero-order chi connectivity index (χ0) is 16.3. The number of piperidine rings is 1. The van der Waals surface area contributed by atoms with Gasteiger partial charge in [0.05, 0.1) is 0 Å². The van der Waals surface area contributed by atoms with Gasteiger partial charge in [-0.1, -0.05) is 13.0 Å². The fraction of sp³-hybridized carbons (Fsp3) is 0.588. The summed E-state index contributed by atoms with van der Waals surface area (Å²) in [6.07, 6.45) is 2.60. The van der Waals surface area contributed by atoms with Gasteiger partial charge in [0.15, 0.2) is 11.5 Å². The Labute approximate surface area is 132 Å². The third kappa shape index (κ3) is 3.91. The van der Waals surface area contributed by atoms with E-state index in [1.54, 1.807) is 6.07 Å². The van der Waals surface area contributed by atoms with Gasteiger partial charge in [-0.15, -0.1) is 0 Å². The molecule has 2 rings (SSSR count). The number of phenols is 2. The summed E-state index contributed by atoms with van der Waals surface area (Å²) in [5.74, 6) is -0.275. The number of benzene rings is 1. The van der Waals surface area contributed by atoms with Crippen LogP contribution in [0.3, 0.4) is 0 Å². The van der Waals surface area contributed by atoms with Crippen LogP contribution in [0.1, 0.15) is 25.3 Å². The molecule has 0 radical (unpaired) electrons. The lowest BCUT2D eigenvalue weighted by Gasteiger charge is -2.36. The van der Waals surface area contributed by atoms with Crippen LogP contribution in [0.2, 0.25) is 0 Å². The van der Waals surface area contributed by atoms with Gasteiger partial charge in [0.2, 0.25) is 5.91 Å². The van der Waals surface area contributed by atoms with Crippen molar-refractivity contribution in [1.29, 1.82) is 0 Å². The van der Waals surface area contributed by atoms with Crippen molar-refractivity contribution >= 4 is 5.91 Å². The fourth-order valence-corrected chi connectivity index (χ4v) is 3.05. The Morgan fingerprint density at radius 2 is 1.95 bits per heavy atom. The molecule has 1 aliphatic heterocycles. The van der Waals surface area contributed by atoms with Gasteiger partial charge >= 0.3 is 0 Å². The van der Waals surface area contributed by atoms with Crippen molar-refractivity contribution in [3.63, 3.8) is 0 Å². The van der Waals surface area contributed by atoms with Crippen molar-refractivity contribution in [2.75, 3.05) is 27.2 Å². The van der Waals surface area contributed by atoms with E-state index in [1.165, 1.54) is 12.1 Å². The molecule has 1 fully saturated rings. The number of carbonyl (C=O) groups excluding carboxylic acids is 1. The minimum atomic E-state index is -0.145. The Balaban J connectivity index is 1.94. The fourth-order valence-electron chi connectivity index (χ4n) is 3.05. The van der Waals surface area contributed by atoms with E-state index in [-0.39, 0.29) is 23.3 Å². The number of aromatic hydroxyl groups is 2. The topological polar surface area (TPSA) is 64.0 Å². The Morgan fingerprint density at radius 1 is 1.32 bits per heavy atom. The molecule has 0 aromatic heterocycles. The first-order valence-corrected chi connectivity index (χ1v) is 7.84. The van der Waals surface area contributed by atoms with E-state index in [0.717, 1.165) is 31.5 Å². The summed E-state index contributed by atoms with van der Waals surface area (Å²) in [5, 5.41) is 18.9. The van der Waals surface area contributed by atoms with Gasteiger partial charge in [-0.25, -0.2) is 0 Å². The largest absolute Gasteiger partial charge is 0.504 e. The second-order valence-electron chi connectivity index (χ2n) is 6.41. The van der Waals surface area contributed by atoms with E-state index in [9.17, 15) is 15.0 Å². The van der Waals surface area contributed by atoms with Crippen molar-refractivity contribution in [2.24, 2.45) is 5.92 Å². The van der Waals surface area contributed by atoms with Gasteiger partial charge in [-0.05, 0) is 57.1 Å². The summed E-state index contributed by atoms with van der Waals surface area (Å²) in [6, 6.07) is 5.05. The maximum absolute atomic E-state index is 12.6. The molecular formula is C17H26N2O3. The summed E-state index contributed by atoms with van der Waals surface area (Å²) in [7, 11) is 4.00. The molecule has 0 spiro atoms. The van der Waals surface area contributed by atoms with E-state index >= 15 is 0 Å². The number of nitrogens with zero attached hydrogens (tertiary/aromatic N) is 2. The molecule has 5 nitrogen and oxygen atoms in total. The van der Waals surface area contributed by atoms with Crippen LogP contribution in [0.5, 0.6) is 11.5 Å². The summed E-state index contributed by atoms with van der Waals surface area (Å²) in [5.41, 5.74) is 0.855. The monoisotopic (exact) mass is 306 g/mol. The summed E-state index contributed by atoms with van der Waals surface area (Å²) < 4.78 is 0. The van der Waals surface area contributed by atoms with Crippen LogP contribution in [0.15, 0.2) is 18.2 Å². The molecule has 1 aliphatic rings. The first kappa shape index (κ1) is 16.6. The number of hydrogen-bond acceptors (Lipinski definition) is 4. The van der Waals surface area contributed by atoms with E-state index in [0.29, 0.717) is 12.5 Å². The van der Waals surface area contributed by atoms with Crippen LogP contribution >= 0.6 is 0 Å². The van der Waals surface area contributed by atoms with Crippen molar-refractivity contribution in [1.82, 2.24) is 9.80 Å². The van der Waals surface area contributed by atoms with Crippen LogP contribution in [-0.2, 0) is 11.2 Å². The van der Waals surface area contributed by atoms with Gasteiger partial charge in [-0.3, -0.25) is 4.79 Å². The Bertz CT molecular complexity index is 525. The van der Waals surface area contributed by atoms with Crippen LogP contribution < -0.4 is 0 Å². The first-order chi connectivity index (χ1) is 10.4. The van der Waals surface area contributed by atoms with E-state index < -0.39 is 0 Å². The third-order valence-corrected chi connectivity index (χ3v) is 4.59. The molecule has 0 saturated carbocycles. The predicted octanol–water partition coefficient (Wildman–Crippen LogP) is 1.83. The van der Waals surface area contributed by atoms with E-state index in [4.69, 9.17) is 0 Å². The minimum absolute atomic E-state index is 0.133. The van der Waals surface area contributed by atoms with E-state index in [2.05, 4.69) is 11.9 Å². The lowest BCUT2D eigenvalue weighted by Crippen LogP contribution is -2.46. The van der Waals surface area contributed by atoms with E-state index in [1.807, 2.05) is 18.9 Å². The minimum Gasteiger partial charge on any atom is -0.504 e. The molecule has 5 heteroatoms. The van der Waals surface area contributed by atoms with Crippen molar-refractivity contribution in [3.05, 3.63) is 23.8 Å². The van der Waals surface area contributed by atoms with Gasteiger partial charge < -0.3 is 20.0 Å². The highest BCUT2D eigenvalue weighted by atomic mass is 16.3. The summed E-state index contributed by atoms with van der Waals surface area (Å²) in [4.78, 5) is 16.8. The molecule has 0 bridgehead atoms. The zero-order valence-corrected chi connectivity index (χ0v) is 13.6. The van der Waals surface area contributed by atoms with Crippen LogP contribution in [0.4, 0.5) is 0 Å². The molecule has 22 heavy (non-hydrogen) atoms. The Morgan fingerprint density at radius 3 is 2.55 bits per heavy atom. The second-order valence-corrected chi connectivity index (χ2v) is 6.41. The molecule has 1 aromatic carbocycles. The summed E-state index contributed by atoms with van der Waals surface area (Å²) >= 11 is 0. The lowest BCUT2D eigenvalue weighted by atomic mass is 9.97. The molecule has 1 unspecified atom stereocenters. The quantitative estimate of drug-likeness (QED) is 0.833. The van der Waals surface area contributed by atoms with Gasteiger partial charge in [0, 0.05) is 19.0 Å². The van der Waals surface area contributed by atoms with Gasteiger partial charge in [0.25, 0.3) is 0 Å². The SMILES string of the molecule is CC(Cc1ccc(O)c(O)c1)C(=O)N(C)C1CCN(C)CC1. The number of rotatable bonds is 4. The second kappa shape index (κ2) is 7.01. The number of phenolic OH excluding ortho intramolecular Hbond substituents is 2. The predicted molar refractivity (Wildman–Crippen MR) is 85.9 cm³/mol. The molecule has 1 saturated heterocycles. The molecule has 1 amide bonds. The Kier molecular flexibility index (Phi) is 5.29. The van der Waals surface area contributed by atoms with Crippen LogP contribution in [-0.4, -0.2) is 59.1 Å². The molecule has 1 aromatic rings. The molecule has 1 heterocycles. The highest BCUT2D eigenvalue weighted by Crippen LogP contribution is 2.26. The molecule has 122 valence electrons. The molecule has 1 atom stereocenters. The van der Waals surface area contributed by atoms with Crippen molar-refractivity contribution in [2.45, 2.75) is 32.2 Å². The summed E-state index contributed by atoms with van der Waals surface area (Å²) in [6.45, 7) is 3.97. The molecule has 2 N–H and O–H groups in total.